The number of nitrogens with two attached hydrogens (primary N) is 1. The van der Waals surface area contributed by atoms with Crippen molar-refractivity contribution in [1.82, 2.24) is 4.98 Å². The van der Waals surface area contributed by atoms with Gasteiger partial charge in [0.2, 0.25) is 0 Å². The molecular weight excluding hydrogens is 254 g/mol. The molecule has 3 N–H and O–H groups in total. The van der Waals surface area contributed by atoms with Crippen molar-refractivity contribution in [2.75, 3.05) is 24.2 Å². The lowest BCUT2D eigenvalue weighted by molar-refractivity contribution is -0.143. The van der Waals surface area contributed by atoms with Gasteiger partial charge in [0.25, 0.3) is 0 Å². The lowest BCUT2D eigenvalue weighted by Gasteiger charge is -2.10. The number of esters is 1. The molecule has 0 aliphatic heterocycles. The van der Waals surface area contributed by atoms with Crippen LogP contribution in [-0.4, -0.2) is 24.1 Å². The number of carbonyl (C=O) groups is 1. The molecule has 1 heterocycles. The molecule has 0 saturated heterocycles. The molecule has 0 spiro atoms. The van der Waals surface area contributed by atoms with E-state index in [1.807, 2.05) is 31.2 Å². The maximum Gasteiger partial charge on any atom is 0.305 e. The molecule has 2 aromatic rings. The lowest BCUT2D eigenvalue weighted by Crippen LogP contribution is -2.08. The molecule has 0 atom stereocenters. The monoisotopic (exact) mass is 273 g/mol. The van der Waals surface area contributed by atoms with Crippen LogP contribution in [0.5, 0.6) is 0 Å². The number of rotatable bonds is 6. The molecule has 20 heavy (non-hydrogen) atoms. The molecule has 0 amide bonds. The van der Waals surface area contributed by atoms with Crippen LogP contribution in [0.15, 0.2) is 30.5 Å². The number of anilines is 2. The molecule has 0 aliphatic carbocycles. The first kappa shape index (κ1) is 14.1. The van der Waals surface area contributed by atoms with Crippen molar-refractivity contribution in [2.24, 2.45) is 0 Å². The highest BCUT2D eigenvalue weighted by Gasteiger charge is 2.05. The standard InChI is InChI=1S/C15H19N3O2/c1-2-20-14(19)6-4-9-17-13-8-7-12(16)15-11(13)5-3-10-18-15/h3,5,7-8,10,17H,2,4,6,9,16H2,1H3. The van der Waals surface area contributed by atoms with Crippen LogP contribution < -0.4 is 11.1 Å². The van der Waals surface area contributed by atoms with Crippen molar-refractivity contribution in [3.63, 3.8) is 0 Å². The van der Waals surface area contributed by atoms with Gasteiger partial charge in [-0.15, -0.1) is 0 Å². The Balaban J connectivity index is 1.97. The summed E-state index contributed by atoms with van der Waals surface area (Å²) in [5.41, 5.74) is 8.34. The first-order valence-electron chi connectivity index (χ1n) is 6.75. The van der Waals surface area contributed by atoms with Crippen LogP contribution in [0, 0.1) is 0 Å². The number of carbonyl (C=O) groups excluding carboxylic acids is 1. The Kier molecular flexibility index (Phi) is 4.76. The predicted molar refractivity (Wildman–Crippen MR) is 80.5 cm³/mol. The highest BCUT2D eigenvalue weighted by Crippen LogP contribution is 2.26. The van der Waals surface area contributed by atoms with E-state index in [0.29, 0.717) is 25.3 Å². The maximum absolute atomic E-state index is 11.2. The van der Waals surface area contributed by atoms with Crippen molar-refractivity contribution in [1.29, 1.82) is 0 Å². The van der Waals surface area contributed by atoms with Gasteiger partial charge in [0.15, 0.2) is 0 Å². The van der Waals surface area contributed by atoms with Crippen molar-refractivity contribution in [3.8, 4) is 0 Å². The Morgan fingerprint density at radius 2 is 2.25 bits per heavy atom. The molecule has 2 rings (SSSR count). The van der Waals surface area contributed by atoms with E-state index >= 15 is 0 Å². The van der Waals surface area contributed by atoms with E-state index < -0.39 is 0 Å². The summed E-state index contributed by atoms with van der Waals surface area (Å²) in [4.78, 5) is 15.5. The van der Waals surface area contributed by atoms with E-state index in [1.165, 1.54) is 0 Å². The van der Waals surface area contributed by atoms with Crippen molar-refractivity contribution >= 4 is 28.2 Å². The fraction of sp³-hybridized carbons (Fsp3) is 0.333. The average molecular weight is 273 g/mol. The molecule has 1 aromatic heterocycles. The number of hydrogen-bond donors (Lipinski definition) is 2. The van der Waals surface area contributed by atoms with Crippen LogP contribution in [-0.2, 0) is 9.53 Å². The summed E-state index contributed by atoms with van der Waals surface area (Å²) in [6, 6.07) is 7.63. The Labute approximate surface area is 118 Å². The van der Waals surface area contributed by atoms with Gasteiger partial charge in [-0.3, -0.25) is 9.78 Å². The number of pyridine rings is 1. The van der Waals surface area contributed by atoms with Crippen LogP contribution in [0.25, 0.3) is 10.9 Å². The average Bonchev–Trinajstić information content (AvgIpc) is 2.46. The van der Waals surface area contributed by atoms with Gasteiger partial charge in [-0.1, -0.05) is 0 Å². The van der Waals surface area contributed by atoms with Crippen LogP contribution in [0.4, 0.5) is 11.4 Å². The highest BCUT2D eigenvalue weighted by atomic mass is 16.5. The fourth-order valence-electron chi connectivity index (χ4n) is 2.04. The second-order valence-corrected chi connectivity index (χ2v) is 4.44. The first-order chi connectivity index (χ1) is 9.72. The van der Waals surface area contributed by atoms with Gasteiger partial charge in [0.05, 0.1) is 17.8 Å². The summed E-state index contributed by atoms with van der Waals surface area (Å²) in [6.45, 7) is 2.94. The summed E-state index contributed by atoms with van der Waals surface area (Å²) >= 11 is 0. The Morgan fingerprint density at radius 1 is 1.40 bits per heavy atom. The summed E-state index contributed by atoms with van der Waals surface area (Å²) < 4.78 is 4.89. The number of ether oxygens (including phenoxy) is 1. The lowest BCUT2D eigenvalue weighted by atomic mass is 10.1. The Bertz CT molecular complexity index is 599. The third-order valence-corrected chi connectivity index (χ3v) is 2.98. The normalized spacial score (nSPS) is 10.4. The maximum atomic E-state index is 11.2. The summed E-state index contributed by atoms with van der Waals surface area (Å²) in [5.74, 6) is -0.155. The Morgan fingerprint density at radius 3 is 3.05 bits per heavy atom. The number of aromatic nitrogens is 1. The highest BCUT2D eigenvalue weighted by molar-refractivity contribution is 5.98. The second kappa shape index (κ2) is 6.75. The van der Waals surface area contributed by atoms with E-state index in [2.05, 4.69) is 10.3 Å². The van der Waals surface area contributed by atoms with E-state index in [4.69, 9.17) is 10.5 Å². The van der Waals surface area contributed by atoms with Gasteiger partial charge in [-0.25, -0.2) is 0 Å². The van der Waals surface area contributed by atoms with E-state index in [9.17, 15) is 4.79 Å². The number of nitrogens with zero attached hydrogens (tertiary/aromatic N) is 1. The third-order valence-electron chi connectivity index (χ3n) is 2.98. The molecule has 0 aliphatic rings. The van der Waals surface area contributed by atoms with Gasteiger partial charge in [0.1, 0.15) is 0 Å². The molecule has 0 bridgehead atoms. The largest absolute Gasteiger partial charge is 0.466 e. The van der Waals surface area contributed by atoms with Gasteiger partial charge in [0, 0.05) is 30.2 Å². The van der Waals surface area contributed by atoms with Gasteiger partial charge < -0.3 is 15.8 Å². The quantitative estimate of drug-likeness (QED) is 0.480. The van der Waals surface area contributed by atoms with E-state index in [-0.39, 0.29) is 5.97 Å². The molecule has 1 aromatic carbocycles. The van der Waals surface area contributed by atoms with Crippen molar-refractivity contribution in [3.05, 3.63) is 30.5 Å². The minimum atomic E-state index is -0.155. The second-order valence-electron chi connectivity index (χ2n) is 4.44. The van der Waals surface area contributed by atoms with Crippen molar-refractivity contribution < 1.29 is 9.53 Å². The zero-order valence-corrected chi connectivity index (χ0v) is 11.6. The zero-order chi connectivity index (χ0) is 14.4. The van der Waals surface area contributed by atoms with Gasteiger partial charge in [-0.2, -0.15) is 0 Å². The SMILES string of the molecule is CCOC(=O)CCCNc1ccc(N)c2ncccc12. The van der Waals surface area contributed by atoms with E-state index in [1.54, 1.807) is 6.20 Å². The molecule has 5 nitrogen and oxygen atoms in total. The van der Waals surface area contributed by atoms with E-state index in [0.717, 1.165) is 23.0 Å². The fourth-order valence-corrected chi connectivity index (χ4v) is 2.04. The first-order valence-corrected chi connectivity index (χ1v) is 6.75. The minimum Gasteiger partial charge on any atom is -0.466 e. The molecule has 0 saturated carbocycles. The number of hydrogen-bond acceptors (Lipinski definition) is 5. The van der Waals surface area contributed by atoms with Gasteiger partial charge in [-0.05, 0) is 37.6 Å². The molecule has 0 unspecified atom stereocenters. The van der Waals surface area contributed by atoms with Crippen LogP contribution in [0.1, 0.15) is 19.8 Å². The summed E-state index contributed by atoms with van der Waals surface area (Å²) in [6.07, 6.45) is 2.88. The summed E-state index contributed by atoms with van der Waals surface area (Å²) in [7, 11) is 0. The Hall–Kier alpha value is -2.30. The molecular formula is C15H19N3O2. The molecule has 0 radical (unpaired) electrons. The van der Waals surface area contributed by atoms with Crippen LogP contribution in [0.3, 0.4) is 0 Å². The molecule has 0 fully saturated rings. The zero-order valence-electron chi connectivity index (χ0n) is 11.6. The summed E-state index contributed by atoms with van der Waals surface area (Å²) in [5, 5.41) is 4.30. The molecule has 5 heteroatoms. The smallest absolute Gasteiger partial charge is 0.305 e. The van der Waals surface area contributed by atoms with Crippen LogP contribution >= 0.6 is 0 Å². The molecule has 106 valence electrons. The van der Waals surface area contributed by atoms with Gasteiger partial charge >= 0.3 is 5.97 Å². The van der Waals surface area contributed by atoms with Crippen LogP contribution in [0.2, 0.25) is 0 Å². The minimum absolute atomic E-state index is 0.155. The van der Waals surface area contributed by atoms with Crippen molar-refractivity contribution in [2.45, 2.75) is 19.8 Å². The topological polar surface area (TPSA) is 77.2 Å². The third kappa shape index (κ3) is 3.38. The number of nitrogen functional groups attached to an aromatic ring is 1. The predicted octanol–water partition coefficient (Wildman–Crippen LogP) is 2.57. The number of benzene rings is 1. The number of nitrogens with one attached hydrogen (secondary N) is 1. The number of fused-ring (bicyclic) bond motifs is 1.